The maximum Gasteiger partial charge on any atom is 0.426 e. The van der Waals surface area contributed by atoms with Crippen LogP contribution in [0.1, 0.15) is 5.69 Å². The number of hydrogen-bond donors (Lipinski definition) is 1. The largest absolute Gasteiger partial charge is 0.426 e. The van der Waals surface area contributed by atoms with Gasteiger partial charge in [-0.05, 0) is 17.5 Å². The maximum absolute atomic E-state index is 12.8. The van der Waals surface area contributed by atoms with Crippen LogP contribution >= 0.6 is 0 Å². The third kappa shape index (κ3) is 1.86. The first-order chi connectivity index (χ1) is 8.38. The van der Waals surface area contributed by atoms with Gasteiger partial charge >= 0.3 is 6.18 Å². The maximum atomic E-state index is 12.8. The SMILES string of the molecule is C=CC(O)(c1cc2ccccc2cn1)C(F)(F)F. The zero-order chi connectivity index (χ0) is 13.4. The number of alkyl halides is 3. The van der Waals surface area contributed by atoms with Gasteiger partial charge in [-0.15, -0.1) is 0 Å². The van der Waals surface area contributed by atoms with E-state index in [0.717, 1.165) is 0 Å². The molecule has 0 saturated heterocycles. The zero-order valence-corrected chi connectivity index (χ0v) is 9.28. The predicted octanol–water partition coefficient (Wildman–Crippen LogP) is 3.17. The Balaban J connectivity index is 2.63. The lowest BCUT2D eigenvalue weighted by Gasteiger charge is -2.26. The van der Waals surface area contributed by atoms with Gasteiger partial charge in [-0.25, -0.2) is 0 Å². The number of fused-ring (bicyclic) bond motifs is 1. The molecule has 0 spiro atoms. The van der Waals surface area contributed by atoms with Gasteiger partial charge in [-0.1, -0.05) is 30.8 Å². The van der Waals surface area contributed by atoms with Crippen molar-refractivity contribution in [3.8, 4) is 0 Å². The average Bonchev–Trinajstić information content (AvgIpc) is 2.35. The molecule has 1 atom stereocenters. The van der Waals surface area contributed by atoms with E-state index in [0.29, 0.717) is 16.8 Å². The van der Waals surface area contributed by atoms with Crippen molar-refractivity contribution in [2.24, 2.45) is 0 Å². The Bertz CT molecular complexity index is 594. The van der Waals surface area contributed by atoms with Crippen LogP contribution in [0.5, 0.6) is 0 Å². The molecule has 0 bridgehead atoms. The van der Waals surface area contributed by atoms with Crippen molar-refractivity contribution in [3.63, 3.8) is 0 Å². The van der Waals surface area contributed by atoms with Crippen molar-refractivity contribution in [3.05, 3.63) is 54.9 Å². The molecule has 0 saturated carbocycles. The second-order valence-electron chi connectivity index (χ2n) is 3.88. The molecule has 1 aromatic carbocycles. The second kappa shape index (κ2) is 4.10. The molecular formula is C13H10F3NO. The van der Waals surface area contributed by atoms with Gasteiger partial charge in [-0.3, -0.25) is 4.98 Å². The standard InChI is InChI=1S/C13H10F3NO/c1-2-12(18,13(14,15)16)11-7-9-5-3-4-6-10(9)8-17-11/h2-8,18H,1H2. The summed E-state index contributed by atoms with van der Waals surface area (Å²) in [6.07, 6.45) is -3.11. The highest BCUT2D eigenvalue weighted by molar-refractivity contribution is 5.82. The third-order valence-electron chi connectivity index (χ3n) is 2.75. The molecule has 0 aliphatic heterocycles. The van der Waals surface area contributed by atoms with Crippen LogP contribution in [0.3, 0.4) is 0 Å². The molecule has 0 amide bonds. The highest BCUT2D eigenvalue weighted by Gasteiger charge is 2.54. The Labute approximate surface area is 101 Å². The molecule has 2 rings (SSSR count). The van der Waals surface area contributed by atoms with Crippen molar-refractivity contribution in [1.29, 1.82) is 0 Å². The van der Waals surface area contributed by atoms with Gasteiger partial charge in [0.15, 0.2) is 0 Å². The average molecular weight is 253 g/mol. The summed E-state index contributed by atoms with van der Waals surface area (Å²) in [6.45, 7) is 3.05. The Morgan fingerprint density at radius 2 is 1.78 bits per heavy atom. The molecule has 0 radical (unpaired) electrons. The van der Waals surface area contributed by atoms with Crippen molar-refractivity contribution >= 4 is 10.8 Å². The monoisotopic (exact) mass is 253 g/mol. The van der Waals surface area contributed by atoms with E-state index in [4.69, 9.17) is 0 Å². The van der Waals surface area contributed by atoms with Crippen molar-refractivity contribution in [2.45, 2.75) is 11.8 Å². The Hall–Kier alpha value is -1.88. The Kier molecular flexibility index (Phi) is 2.86. The smallest absolute Gasteiger partial charge is 0.371 e. The minimum Gasteiger partial charge on any atom is -0.371 e. The van der Waals surface area contributed by atoms with E-state index < -0.39 is 17.5 Å². The van der Waals surface area contributed by atoms with E-state index in [1.165, 1.54) is 12.3 Å². The molecular weight excluding hydrogens is 243 g/mol. The third-order valence-corrected chi connectivity index (χ3v) is 2.75. The number of benzene rings is 1. The molecule has 1 N–H and O–H groups in total. The molecule has 0 aliphatic rings. The molecule has 18 heavy (non-hydrogen) atoms. The van der Waals surface area contributed by atoms with E-state index in [9.17, 15) is 18.3 Å². The van der Waals surface area contributed by atoms with Crippen molar-refractivity contribution < 1.29 is 18.3 Å². The first-order valence-corrected chi connectivity index (χ1v) is 5.16. The van der Waals surface area contributed by atoms with Gasteiger partial charge in [-0.2, -0.15) is 13.2 Å². The van der Waals surface area contributed by atoms with E-state index in [-0.39, 0.29) is 0 Å². The molecule has 0 aliphatic carbocycles. The first-order valence-electron chi connectivity index (χ1n) is 5.16. The van der Waals surface area contributed by atoms with E-state index >= 15 is 0 Å². The number of aromatic nitrogens is 1. The van der Waals surface area contributed by atoms with Crippen LogP contribution in [-0.2, 0) is 5.60 Å². The molecule has 1 heterocycles. The molecule has 1 unspecified atom stereocenters. The number of rotatable bonds is 2. The first kappa shape index (κ1) is 12.6. The molecule has 5 heteroatoms. The number of halogens is 3. The molecule has 1 aromatic heterocycles. The van der Waals surface area contributed by atoms with Crippen molar-refractivity contribution in [2.75, 3.05) is 0 Å². The lowest BCUT2D eigenvalue weighted by molar-refractivity contribution is -0.246. The normalized spacial score (nSPS) is 15.3. The Morgan fingerprint density at radius 1 is 1.17 bits per heavy atom. The highest BCUT2D eigenvalue weighted by atomic mass is 19.4. The quantitative estimate of drug-likeness (QED) is 0.834. The molecule has 2 aromatic rings. The fourth-order valence-electron chi connectivity index (χ4n) is 1.66. The summed E-state index contributed by atoms with van der Waals surface area (Å²) in [5.74, 6) is 0. The van der Waals surface area contributed by atoms with E-state index in [2.05, 4.69) is 11.6 Å². The summed E-state index contributed by atoms with van der Waals surface area (Å²) in [4.78, 5) is 3.68. The number of aliphatic hydroxyl groups is 1. The van der Waals surface area contributed by atoms with Gasteiger partial charge < -0.3 is 5.11 Å². The zero-order valence-electron chi connectivity index (χ0n) is 9.28. The summed E-state index contributed by atoms with van der Waals surface area (Å²) in [6, 6.07) is 8.05. The van der Waals surface area contributed by atoms with E-state index in [1.54, 1.807) is 24.3 Å². The lowest BCUT2D eigenvalue weighted by Crippen LogP contribution is -2.41. The van der Waals surface area contributed by atoms with Crippen molar-refractivity contribution in [1.82, 2.24) is 4.98 Å². The van der Waals surface area contributed by atoms with Crippen LogP contribution in [0.2, 0.25) is 0 Å². The molecule has 0 fully saturated rings. The number of hydrogen-bond acceptors (Lipinski definition) is 2. The topological polar surface area (TPSA) is 33.1 Å². The fourth-order valence-corrected chi connectivity index (χ4v) is 1.66. The summed E-state index contributed by atoms with van der Waals surface area (Å²) < 4.78 is 38.5. The van der Waals surface area contributed by atoms with Crippen LogP contribution in [0.25, 0.3) is 10.8 Å². The van der Waals surface area contributed by atoms with Crippen LogP contribution in [0, 0.1) is 0 Å². The van der Waals surface area contributed by atoms with Gasteiger partial charge in [0.25, 0.3) is 0 Å². The van der Waals surface area contributed by atoms with Gasteiger partial charge in [0.2, 0.25) is 5.60 Å². The minimum absolute atomic E-state index is 0.449. The van der Waals surface area contributed by atoms with Crippen LogP contribution in [-0.4, -0.2) is 16.3 Å². The second-order valence-corrected chi connectivity index (χ2v) is 3.88. The summed E-state index contributed by atoms with van der Waals surface area (Å²) in [7, 11) is 0. The van der Waals surface area contributed by atoms with Gasteiger partial charge in [0, 0.05) is 11.6 Å². The number of pyridine rings is 1. The predicted molar refractivity (Wildman–Crippen MR) is 61.9 cm³/mol. The Morgan fingerprint density at radius 3 is 2.33 bits per heavy atom. The van der Waals surface area contributed by atoms with Crippen LogP contribution < -0.4 is 0 Å². The fraction of sp³-hybridized carbons (Fsp3) is 0.154. The van der Waals surface area contributed by atoms with E-state index in [1.807, 2.05) is 0 Å². The molecule has 94 valence electrons. The highest BCUT2D eigenvalue weighted by Crippen LogP contribution is 2.39. The summed E-state index contributed by atoms with van der Waals surface area (Å²) in [5.41, 5.74) is -3.61. The van der Waals surface area contributed by atoms with Crippen LogP contribution in [0.4, 0.5) is 13.2 Å². The summed E-state index contributed by atoms with van der Waals surface area (Å²) >= 11 is 0. The minimum atomic E-state index is -4.86. The lowest BCUT2D eigenvalue weighted by atomic mass is 9.97. The summed E-state index contributed by atoms with van der Waals surface area (Å²) in [5, 5.41) is 11.0. The van der Waals surface area contributed by atoms with Crippen LogP contribution in [0.15, 0.2) is 49.2 Å². The van der Waals surface area contributed by atoms with Gasteiger partial charge in [0.05, 0.1) is 5.69 Å². The van der Waals surface area contributed by atoms with Gasteiger partial charge in [0.1, 0.15) is 0 Å². The molecule has 2 nitrogen and oxygen atoms in total. The number of nitrogens with zero attached hydrogens (tertiary/aromatic N) is 1.